The summed E-state index contributed by atoms with van der Waals surface area (Å²) in [7, 11) is 0. The molecule has 16 heavy (non-hydrogen) atoms. The predicted octanol–water partition coefficient (Wildman–Crippen LogP) is 2.25. The maximum Gasteiger partial charge on any atom is 0.222 e. The molecule has 2 aromatic rings. The van der Waals surface area contributed by atoms with E-state index in [-0.39, 0.29) is 0 Å². The third-order valence-corrected chi connectivity index (χ3v) is 2.74. The van der Waals surface area contributed by atoms with E-state index in [0.717, 1.165) is 36.5 Å². The second kappa shape index (κ2) is 3.56. The number of aryl methyl sites for hydroxylation is 1. The molecule has 2 N–H and O–H groups in total. The van der Waals surface area contributed by atoms with Gasteiger partial charge in [0.25, 0.3) is 0 Å². The Labute approximate surface area is 93.0 Å². The summed E-state index contributed by atoms with van der Waals surface area (Å²) in [5.74, 6) is 1.24. The first-order chi connectivity index (χ1) is 7.84. The summed E-state index contributed by atoms with van der Waals surface area (Å²) in [6.45, 7) is 0.761. The van der Waals surface area contributed by atoms with Crippen LogP contribution in [-0.2, 0) is 6.42 Å². The van der Waals surface area contributed by atoms with Gasteiger partial charge in [0.15, 0.2) is 0 Å². The number of fused-ring (bicyclic) bond motifs is 1. The van der Waals surface area contributed by atoms with Gasteiger partial charge in [-0.1, -0.05) is 17.3 Å². The molecule has 82 valence electrons. The summed E-state index contributed by atoms with van der Waals surface area (Å²) in [6, 6.07) is 7.78. The van der Waals surface area contributed by atoms with Crippen molar-refractivity contribution in [3.63, 3.8) is 0 Å². The smallest absolute Gasteiger partial charge is 0.222 e. The largest absolute Gasteiger partial charge is 0.493 e. The van der Waals surface area contributed by atoms with Crippen LogP contribution in [0.15, 0.2) is 28.8 Å². The van der Waals surface area contributed by atoms with Crippen LogP contribution >= 0.6 is 0 Å². The standard InChI is InChI=1S/C12H12N2O2/c13-11-7-10(14-16-11)9-5-1-3-8-4-2-6-15-12(8)9/h1,3,5,7H,2,4,6,13H2. The number of nitrogens with zero attached hydrogens (tertiary/aromatic N) is 1. The van der Waals surface area contributed by atoms with Crippen molar-refractivity contribution < 1.29 is 9.26 Å². The average Bonchev–Trinajstić information content (AvgIpc) is 2.75. The fourth-order valence-corrected chi connectivity index (χ4v) is 2.01. The van der Waals surface area contributed by atoms with E-state index >= 15 is 0 Å². The van der Waals surface area contributed by atoms with Crippen molar-refractivity contribution >= 4 is 5.88 Å². The fraction of sp³-hybridized carbons (Fsp3) is 0.250. The molecular weight excluding hydrogens is 204 g/mol. The highest BCUT2D eigenvalue weighted by atomic mass is 16.5. The molecule has 1 aliphatic rings. The zero-order valence-electron chi connectivity index (χ0n) is 8.77. The van der Waals surface area contributed by atoms with E-state index in [1.54, 1.807) is 6.07 Å². The van der Waals surface area contributed by atoms with Crippen molar-refractivity contribution in [2.75, 3.05) is 12.3 Å². The van der Waals surface area contributed by atoms with Gasteiger partial charge in [-0.2, -0.15) is 0 Å². The molecule has 4 nitrogen and oxygen atoms in total. The molecule has 1 aliphatic heterocycles. The average molecular weight is 216 g/mol. The number of aromatic nitrogens is 1. The minimum absolute atomic E-state index is 0.323. The highest BCUT2D eigenvalue weighted by Gasteiger charge is 2.17. The van der Waals surface area contributed by atoms with E-state index < -0.39 is 0 Å². The molecule has 0 spiro atoms. The third kappa shape index (κ3) is 1.43. The van der Waals surface area contributed by atoms with E-state index in [0.29, 0.717) is 5.88 Å². The highest BCUT2D eigenvalue weighted by Crippen LogP contribution is 2.35. The van der Waals surface area contributed by atoms with Crippen molar-refractivity contribution in [3.05, 3.63) is 29.8 Å². The molecule has 0 radical (unpaired) electrons. The normalized spacial score (nSPS) is 14.2. The monoisotopic (exact) mass is 216 g/mol. The summed E-state index contributed by atoms with van der Waals surface area (Å²) in [6.07, 6.45) is 2.12. The van der Waals surface area contributed by atoms with Gasteiger partial charge in [-0.05, 0) is 24.5 Å². The Hall–Kier alpha value is -1.97. The first-order valence-electron chi connectivity index (χ1n) is 5.32. The van der Waals surface area contributed by atoms with E-state index in [4.69, 9.17) is 15.0 Å². The molecular formula is C12H12N2O2. The molecule has 0 unspecified atom stereocenters. The van der Waals surface area contributed by atoms with Crippen molar-refractivity contribution in [3.8, 4) is 17.0 Å². The Bertz CT molecular complexity index is 519. The van der Waals surface area contributed by atoms with Gasteiger partial charge < -0.3 is 15.0 Å². The number of rotatable bonds is 1. The SMILES string of the molecule is Nc1cc(-c2cccc3c2OCCC3)no1. The van der Waals surface area contributed by atoms with Gasteiger partial charge in [-0.25, -0.2) is 0 Å². The van der Waals surface area contributed by atoms with Crippen LogP contribution in [0, 0.1) is 0 Å². The second-order valence-corrected chi connectivity index (χ2v) is 3.86. The van der Waals surface area contributed by atoms with Crippen molar-refractivity contribution in [2.24, 2.45) is 0 Å². The molecule has 4 heteroatoms. The molecule has 3 rings (SSSR count). The summed E-state index contributed by atoms with van der Waals surface area (Å²) in [5.41, 5.74) is 8.44. The van der Waals surface area contributed by atoms with Gasteiger partial charge in [0, 0.05) is 11.6 Å². The molecule has 1 aromatic carbocycles. The predicted molar refractivity (Wildman–Crippen MR) is 60.2 cm³/mol. The zero-order chi connectivity index (χ0) is 11.0. The van der Waals surface area contributed by atoms with Crippen molar-refractivity contribution in [2.45, 2.75) is 12.8 Å². The Balaban J connectivity index is 2.13. The topological polar surface area (TPSA) is 61.3 Å². The van der Waals surface area contributed by atoms with Crippen LogP contribution in [-0.4, -0.2) is 11.8 Å². The molecule has 0 aliphatic carbocycles. The molecule has 0 saturated carbocycles. The van der Waals surface area contributed by atoms with Gasteiger partial charge in [-0.15, -0.1) is 0 Å². The zero-order valence-corrected chi connectivity index (χ0v) is 8.77. The van der Waals surface area contributed by atoms with Crippen molar-refractivity contribution in [1.29, 1.82) is 0 Å². The number of benzene rings is 1. The molecule has 0 amide bonds. The number of hydrogen-bond acceptors (Lipinski definition) is 4. The van der Waals surface area contributed by atoms with Gasteiger partial charge in [0.1, 0.15) is 11.4 Å². The minimum Gasteiger partial charge on any atom is -0.493 e. The molecule has 0 fully saturated rings. The number of nitrogen functional groups attached to an aromatic ring is 1. The lowest BCUT2D eigenvalue weighted by molar-refractivity contribution is 0.289. The van der Waals surface area contributed by atoms with Crippen LogP contribution in [0.2, 0.25) is 0 Å². The third-order valence-electron chi connectivity index (χ3n) is 2.74. The van der Waals surface area contributed by atoms with Gasteiger partial charge in [0.2, 0.25) is 5.88 Å². The number of hydrogen-bond donors (Lipinski definition) is 1. The lowest BCUT2D eigenvalue weighted by Crippen LogP contribution is -2.09. The molecule has 1 aromatic heterocycles. The van der Waals surface area contributed by atoms with Gasteiger partial charge in [0.05, 0.1) is 6.61 Å². The second-order valence-electron chi connectivity index (χ2n) is 3.86. The molecule has 2 heterocycles. The van der Waals surface area contributed by atoms with Crippen LogP contribution in [0.5, 0.6) is 5.75 Å². The van der Waals surface area contributed by atoms with E-state index in [2.05, 4.69) is 11.2 Å². The van der Waals surface area contributed by atoms with E-state index in [9.17, 15) is 0 Å². The highest BCUT2D eigenvalue weighted by molar-refractivity contribution is 5.70. The number of nitrogens with two attached hydrogens (primary N) is 1. The lowest BCUT2D eigenvalue weighted by atomic mass is 10.0. The number of ether oxygens (including phenoxy) is 1. The van der Waals surface area contributed by atoms with E-state index in [1.165, 1.54) is 5.56 Å². The van der Waals surface area contributed by atoms with Crippen LogP contribution in [0.1, 0.15) is 12.0 Å². The maximum absolute atomic E-state index is 5.70. The number of para-hydroxylation sites is 1. The molecule has 0 bridgehead atoms. The Morgan fingerprint density at radius 2 is 2.25 bits per heavy atom. The fourth-order valence-electron chi connectivity index (χ4n) is 2.01. The van der Waals surface area contributed by atoms with Gasteiger partial charge >= 0.3 is 0 Å². The van der Waals surface area contributed by atoms with Gasteiger partial charge in [-0.3, -0.25) is 0 Å². The van der Waals surface area contributed by atoms with Crippen molar-refractivity contribution in [1.82, 2.24) is 5.16 Å². The quantitative estimate of drug-likeness (QED) is 0.794. The summed E-state index contributed by atoms with van der Waals surface area (Å²) >= 11 is 0. The summed E-state index contributed by atoms with van der Waals surface area (Å²) in [4.78, 5) is 0. The maximum atomic E-state index is 5.70. The Morgan fingerprint density at radius 3 is 3.06 bits per heavy atom. The Kier molecular flexibility index (Phi) is 2.06. The summed E-state index contributed by atoms with van der Waals surface area (Å²) < 4.78 is 10.6. The summed E-state index contributed by atoms with van der Waals surface area (Å²) in [5, 5.41) is 3.91. The molecule has 0 atom stereocenters. The van der Waals surface area contributed by atoms with Crippen LogP contribution in [0.25, 0.3) is 11.3 Å². The first-order valence-corrected chi connectivity index (χ1v) is 5.32. The van der Waals surface area contributed by atoms with Crippen LogP contribution in [0.3, 0.4) is 0 Å². The Morgan fingerprint density at radius 1 is 1.31 bits per heavy atom. The van der Waals surface area contributed by atoms with E-state index in [1.807, 2.05) is 12.1 Å². The number of anilines is 1. The molecule has 0 saturated heterocycles. The van der Waals surface area contributed by atoms with Crippen LogP contribution in [0.4, 0.5) is 5.88 Å². The minimum atomic E-state index is 0.323. The lowest BCUT2D eigenvalue weighted by Gasteiger charge is -2.19. The first kappa shape index (κ1) is 9.27. The van der Waals surface area contributed by atoms with Crippen LogP contribution < -0.4 is 10.5 Å².